The van der Waals surface area contributed by atoms with Gasteiger partial charge in [0.05, 0.1) is 0 Å². The Kier molecular flexibility index (Phi) is 4.66. The Bertz CT molecular complexity index is 207. The Morgan fingerprint density at radius 2 is 1.94 bits per heavy atom. The lowest BCUT2D eigenvalue weighted by atomic mass is 9.80. The van der Waals surface area contributed by atoms with Crippen LogP contribution in [-0.4, -0.2) is 36.2 Å². The third-order valence-electron chi connectivity index (χ3n) is 4.64. The lowest BCUT2D eigenvalue weighted by molar-refractivity contribution is 0.0884. The molecule has 0 aromatic heterocycles. The van der Waals surface area contributed by atoms with E-state index < -0.39 is 0 Å². The zero-order chi connectivity index (χ0) is 11.4. The molecule has 16 heavy (non-hydrogen) atoms. The summed E-state index contributed by atoms with van der Waals surface area (Å²) >= 11 is 0. The molecule has 2 nitrogen and oxygen atoms in total. The van der Waals surface area contributed by atoms with Crippen molar-refractivity contribution >= 4 is 0 Å². The van der Waals surface area contributed by atoms with Gasteiger partial charge in [0.25, 0.3) is 0 Å². The highest BCUT2D eigenvalue weighted by molar-refractivity contribution is 4.79. The van der Waals surface area contributed by atoms with Crippen molar-refractivity contribution in [2.45, 2.75) is 45.4 Å². The van der Waals surface area contributed by atoms with Gasteiger partial charge in [0.1, 0.15) is 0 Å². The summed E-state index contributed by atoms with van der Waals surface area (Å²) in [5.74, 6) is 2.39. The highest BCUT2D eigenvalue weighted by Crippen LogP contribution is 2.31. The minimum Gasteiger partial charge on any atom is -0.396 e. The van der Waals surface area contributed by atoms with Crippen molar-refractivity contribution in [3.05, 3.63) is 0 Å². The van der Waals surface area contributed by atoms with E-state index in [2.05, 4.69) is 11.8 Å². The van der Waals surface area contributed by atoms with Crippen LogP contribution < -0.4 is 0 Å². The molecule has 1 aliphatic carbocycles. The van der Waals surface area contributed by atoms with Crippen molar-refractivity contribution in [1.82, 2.24) is 4.90 Å². The average Bonchev–Trinajstić information content (AvgIpc) is 2.32. The van der Waals surface area contributed by atoms with E-state index >= 15 is 0 Å². The number of aliphatic hydroxyl groups excluding tert-OH is 1. The highest BCUT2D eigenvalue weighted by atomic mass is 16.3. The number of likely N-dealkylation sites (tertiary alicyclic amines) is 1. The first-order valence-corrected chi connectivity index (χ1v) is 7.13. The van der Waals surface area contributed by atoms with Crippen LogP contribution in [0.4, 0.5) is 0 Å². The van der Waals surface area contributed by atoms with E-state index in [9.17, 15) is 5.11 Å². The normalized spacial score (nSPS) is 37.5. The van der Waals surface area contributed by atoms with Crippen LogP contribution in [0, 0.1) is 17.8 Å². The molecular formula is C14H27NO. The van der Waals surface area contributed by atoms with Gasteiger partial charge in [-0.1, -0.05) is 26.2 Å². The number of rotatable bonds is 3. The Hall–Kier alpha value is -0.0800. The molecule has 1 saturated heterocycles. The minimum absolute atomic E-state index is 0.386. The first-order chi connectivity index (χ1) is 7.79. The Balaban J connectivity index is 1.79. The van der Waals surface area contributed by atoms with Crippen LogP contribution in [-0.2, 0) is 0 Å². The van der Waals surface area contributed by atoms with Crippen LogP contribution in [0.2, 0.25) is 0 Å². The molecule has 0 bridgehead atoms. The largest absolute Gasteiger partial charge is 0.396 e. The third-order valence-corrected chi connectivity index (χ3v) is 4.64. The maximum Gasteiger partial charge on any atom is 0.0471 e. The van der Waals surface area contributed by atoms with Gasteiger partial charge in [-0.25, -0.2) is 0 Å². The third kappa shape index (κ3) is 3.21. The van der Waals surface area contributed by atoms with Crippen LogP contribution in [0.25, 0.3) is 0 Å². The van der Waals surface area contributed by atoms with Crippen molar-refractivity contribution in [2.24, 2.45) is 17.8 Å². The minimum atomic E-state index is 0.386. The quantitative estimate of drug-likeness (QED) is 0.798. The van der Waals surface area contributed by atoms with Gasteiger partial charge in [0, 0.05) is 19.7 Å². The standard InChI is InChI=1S/C14H27NO/c1-12-5-2-3-7-14(12)10-15-8-4-6-13(9-15)11-16/h12-14,16H,2-11H2,1H3. The summed E-state index contributed by atoms with van der Waals surface area (Å²) in [6, 6.07) is 0. The second kappa shape index (κ2) is 6.02. The van der Waals surface area contributed by atoms with E-state index in [1.54, 1.807) is 0 Å². The van der Waals surface area contributed by atoms with Crippen molar-refractivity contribution in [1.29, 1.82) is 0 Å². The summed E-state index contributed by atoms with van der Waals surface area (Å²) in [5.41, 5.74) is 0. The molecule has 0 amide bonds. The first kappa shape index (κ1) is 12.4. The highest BCUT2D eigenvalue weighted by Gasteiger charge is 2.26. The molecule has 1 heterocycles. The Morgan fingerprint density at radius 3 is 2.69 bits per heavy atom. The van der Waals surface area contributed by atoms with Crippen molar-refractivity contribution in [3.8, 4) is 0 Å². The van der Waals surface area contributed by atoms with Gasteiger partial charge in [0.2, 0.25) is 0 Å². The van der Waals surface area contributed by atoms with Crippen molar-refractivity contribution < 1.29 is 5.11 Å². The van der Waals surface area contributed by atoms with E-state index in [0.717, 1.165) is 18.4 Å². The molecule has 0 radical (unpaired) electrons. The maximum atomic E-state index is 9.24. The second-order valence-corrected chi connectivity index (χ2v) is 5.97. The van der Waals surface area contributed by atoms with Crippen LogP contribution in [0.5, 0.6) is 0 Å². The van der Waals surface area contributed by atoms with Gasteiger partial charge in [0.15, 0.2) is 0 Å². The summed E-state index contributed by atoms with van der Waals surface area (Å²) < 4.78 is 0. The predicted molar refractivity (Wildman–Crippen MR) is 67.4 cm³/mol. The predicted octanol–water partition coefficient (Wildman–Crippen LogP) is 2.52. The fraction of sp³-hybridized carbons (Fsp3) is 1.00. The molecule has 3 atom stereocenters. The maximum absolute atomic E-state index is 9.24. The number of piperidine rings is 1. The van der Waals surface area contributed by atoms with E-state index in [0.29, 0.717) is 12.5 Å². The molecule has 1 N–H and O–H groups in total. The second-order valence-electron chi connectivity index (χ2n) is 5.97. The van der Waals surface area contributed by atoms with Gasteiger partial charge in [-0.3, -0.25) is 0 Å². The number of hydrogen-bond acceptors (Lipinski definition) is 2. The lowest BCUT2D eigenvalue weighted by Crippen LogP contribution is -2.41. The summed E-state index contributed by atoms with van der Waals surface area (Å²) in [5, 5.41) is 9.24. The molecule has 2 aliphatic rings. The molecular weight excluding hydrogens is 198 g/mol. The molecule has 0 aromatic rings. The monoisotopic (exact) mass is 225 g/mol. The van der Waals surface area contributed by atoms with Gasteiger partial charge in [-0.2, -0.15) is 0 Å². The molecule has 1 saturated carbocycles. The van der Waals surface area contributed by atoms with Gasteiger partial charge in [-0.05, 0) is 43.6 Å². The molecule has 0 aromatic carbocycles. The van der Waals surface area contributed by atoms with E-state index in [1.807, 2.05) is 0 Å². The molecule has 2 heteroatoms. The summed E-state index contributed by atoms with van der Waals surface area (Å²) in [6.45, 7) is 6.51. The molecule has 2 rings (SSSR count). The summed E-state index contributed by atoms with van der Waals surface area (Å²) in [4.78, 5) is 2.61. The molecule has 0 spiro atoms. The zero-order valence-corrected chi connectivity index (χ0v) is 10.7. The molecule has 3 unspecified atom stereocenters. The van der Waals surface area contributed by atoms with Crippen LogP contribution in [0.15, 0.2) is 0 Å². The van der Waals surface area contributed by atoms with Crippen molar-refractivity contribution in [3.63, 3.8) is 0 Å². The zero-order valence-electron chi connectivity index (χ0n) is 10.7. The Morgan fingerprint density at radius 1 is 1.12 bits per heavy atom. The van der Waals surface area contributed by atoms with Crippen LogP contribution >= 0.6 is 0 Å². The SMILES string of the molecule is CC1CCCCC1CN1CCCC(CO)C1. The molecule has 2 fully saturated rings. The summed E-state index contributed by atoms with van der Waals surface area (Å²) in [6.07, 6.45) is 8.26. The van der Waals surface area contributed by atoms with Crippen molar-refractivity contribution in [2.75, 3.05) is 26.2 Å². The van der Waals surface area contributed by atoms with Gasteiger partial charge < -0.3 is 10.0 Å². The topological polar surface area (TPSA) is 23.5 Å². The molecule has 1 aliphatic heterocycles. The van der Waals surface area contributed by atoms with Gasteiger partial charge >= 0.3 is 0 Å². The smallest absolute Gasteiger partial charge is 0.0471 e. The molecule has 94 valence electrons. The van der Waals surface area contributed by atoms with Gasteiger partial charge in [-0.15, -0.1) is 0 Å². The Labute approximate surface area is 100 Å². The lowest BCUT2D eigenvalue weighted by Gasteiger charge is -2.37. The van der Waals surface area contributed by atoms with E-state index in [-0.39, 0.29) is 0 Å². The number of aliphatic hydroxyl groups is 1. The van der Waals surface area contributed by atoms with E-state index in [1.165, 1.54) is 51.6 Å². The average molecular weight is 225 g/mol. The van der Waals surface area contributed by atoms with E-state index in [4.69, 9.17) is 0 Å². The number of nitrogens with zero attached hydrogens (tertiary/aromatic N) is 1. The fourth-order valence-corrected chi connectivity index (χ4v) is 3.46. The van der Waals surface area contributed by atoms with Crippen LogP contribution in [0.1, 0.15) is 45.4 Å². The van der Waals surface area contributed by atoms with Crippen LogP contribution in [0.3, 0.4) is 0 Å². The fourth-order valence-electron chi connectivity index (χ4n) is 3.46. The summed E-state index contributed by atoms with van der Waals surface area (Å²) in [7, 11) is 0. The number of hydrogen-bond donors (Lipinski definition) is 1. The first-order valence-electron chi connectivity index (χ1n) is 7.13.